The number of nitrogens with one attached hydrogen (secondary N) is 1. The van der Waals surface area contributed by atoms with Crippen molar-refractivity contribution in [3.05, 3.63) is 0 Å². The average molecular weight is 480 g/mol. The van der Waals surface area contributed by atoms with Crippen molar-refractivity contribution in [2.45, 2.75) is 46.5 Å². The fourth-order valence-corrected chi connectivity index (χ4v) is 3.80. The van der Waals surface area contributed by atoms with Crippen LogP contribution in [0.1, 0.15) is 46.5 Å². The average Bonchev–Trinajstić information content (AvgIpc) is 2.61. The van der Waals surface area contributed by atoms with Crippen molar-refractivity contribution in [3.8, 4) is 0 Å². The molecule has 2 aliphatic heterocycles. The molecular formula is C19H37IN4O2. The third-order valence-corrected chi connectivity index (χ3v) is 5.17. The molecule has 2 heterocycles. The Balaban J connectivity index is 0.00000338. The van der Waals surface area contributed by atoms with E-state index < -0.39 is 0 Å². The van der Waals surface area contributed by atoms with Gasteiger partial charge in [0.2, 0.25) is 0 Å². The Morgan fingerprint density at radius 2 is 1.92 bits per heavy atom. The minimum atomic E-state index is -0.0386. The van der Waals surface area contributed by atoms with Crippen LogP contribution < -0.4 is 5.32 Å². The van der Waals surface area contributed by atoms with E-state index in [0.29, 0.717) is 6.61 Å². The number of hydrogen-bond acceptors (Lipinski definition) is 4. The van der Waals surface area contributed by atoms with Crippen LogP contribution in [0.4, 0.5) is 0 Å². The van der Waals surface area contributed by atoms with Crippen LogP contribution in [0.15, 0.2) is 4.99 Å². The van der Waals surface area contributed by atoms with Gasteiger partial charge in [0, 0.05) is 32.7 Å². The topological polar surface area (TPSA) is 57.2 Å². The first-order valence-electron chi connectivity index (χ1n) is 10.1. The molecule has 0 aliphatic carbocycles. The highest BCUT2D eigenvalue weighted by Gasteiger charge is 2.27. The predicted octanol–water partition coefficient (Wildman–Crippen LogP) is 2.58. The molecule has 7 heteroatoms. The molecule has 0 amide bonds. The summed E-state index contributed by atoms with van der Waals surface area (Å²) in [7, 11) is 0. The van der Waals surface area contributed by atoms with Gasteiger partial charge in [0.15, 0.2) is 5.96 Å². The van der Waals surface area contributed by atoms with Gasteiger partial charge >= 0.3 is 5.97 Å². The van der Waals surface area contributed by atoms with Crippen molar-refractivity contribution in [2.24, 2.45) is 16.8 Å². The number of esters is 1. The number of ether oxygens (including phenoxy) is 1. The number of rotatable bonds is 6. The molecule has 152 valence electrons. The van der Waals surface area contributed by atoms with Crippen molar-refractivity contribution in [1.29, 1.82) is 0 Å². The summed E-state index contributed by atoms with van der Waals surface area (Å²) in [5, 5.41) is 3.41. The fourth-order valence-electron chi connectivity index (χ4n) is 3.80. The van der Waals surface area contributed by atoms with Gasteiger partial charge in [0.25, 0.3) is 0 Å². The summed E-state index contributed by atoms with van der Waals surface area (Å²) in [5.74, 6) is 1.82. The number of aliphatic imine (C=N–C) groups is 1. The smallest absolute Gasteiger partial charge is 0.309 e. The van der Waals surface area contributed by atoms with E-state index in [1.807, 2.05) is 6.92 Å². The minimum absolute atomic E-state index is 0. The lowest BCUT2D eigenvalue weighted by Crippen LogP contribution is -2.47. The molecular weight excluding hydrogens is 443 g/mol. The van der Waals surface area contributed by atoms with E-state index in [9.17, 15) is 4.79 Å². The van der Waals surface area contributed by atoms with E-state index in [2.05, 4.69) is 29.0 Å². The number of carbonyl (C=O) groups excluding carboxylic acids is 1. The monoisotopic (exact) mass is 480 g/mol. The van der Waals surface area contributed by atoms with Crippen molar-refractivity contribution >= 4 is 35.9 Å². The summed E-state index contributed by atoms with van der Waals surface area (Å²) < 4.78 is 5.16. The van der Waals surface area contributed by atoms with Crippen LogP contribution in [0.2, 0.25) is 0 Å². The second kappa shape index (κ2) is 12.8. The summed E-state index contributed by atoms with van der Waals surface area (Å²) in [6.07, 6.45) is 4.38. The second-order valence-corrected chi connectivity index (χ2v) is 7.30. The van der Waals surface area contributed by atoms with Crippen LogP contribution in [0.5, 0.6) is 0 Å². The molecule has 0 aromatic rings. The summed E-state index contributed by atoms with van der Waals surface area (Å²) in [6.45, 7) is 13.7. The van der Waals surface area contributed by atoms with Crippen LogP contribution in [0, 0.1) is 11.8 Å². The Kier molecular flexibility index (Phi) is 11.5. The first kappa shape index (κ1) is 23.5. The van der Waals surface area contributed by atoms with E-state index >= 15 is 0 Å². The Morgan fingerprint density at radius 3 is 2.54 bits per heavy atom. The lowest BCUT2D eigenvalue weighted by Gasteiger charge is -2.34. The van der Waals surface area contributed by atoms with Crippen LogP contribution in [-0.2, 0) is 9.53 Å². The zero-order chi connectivity index (χ0) is 18.1. The van der Waals surface area contributed by atoms with E-state index in [4.69, 9.17) is 9.73 Å². The molecule has 0 spiro atoms. The summed E-state index contributed by atoms with van der Waals surface area (Å²) in [6, 6.07) is 0. The first-order chi connectivity index (χ1) is 12.1. The molecule has 2 rings (SSSR count). The molecule has 2 aliphatic rings. The third kappa shape index (κ3) is 7.58. The summed E-state index contributed by atoms with van der Waals surface area (Å²) in [5.41, 5.74) is 0. The van der Waals surface area contributed by atoms with E-state index in [0.717, 1.165) is 57.4 Å². The van der Waals surface area contributed by atoms with E-state index in [1.54, 1.807) is 0 Å². The van der Waals surface area contributed by atoms with Gasteiger partial charge in [-0.15, -0.1) is 24.0 Å². The van der Waals surface area contributed by atoms with Crippen LogP contribution >= 0.6 is 24.0 Å². The largest absolute Gasteiger partial charge is 0.466 e. The van der Waals surface area contributed by atoms with E-state index in [-0.39, 0.29) is 35.9 Å². The molecule has 0 aromatic heterocycles. The molecule has 0 radical (unpaired) electrons. The Hall–Kier alpha value is -0.570. The second-order valence-electron chi connectivity index (χ2n) is 7.30. The van der Waals surface area contributed by atoms with Gasteiger partial charge in [-0.2, -0.15) is 0 Å². The number of nitrogens with zero attached hydrogens (tertiary/aromatic N) is 3. The van der Waals surface area contributed by atoms with Crippen molar-refractivity contribution in [1.82, 2.24) is 15.1 Å². The third-order valence-electron chi connectivity index (χ3n) is 5.17. The van der Waals surface area contributed by atoms with Gasteiger partial charge in [-0.05, 0) is 52.0 Å². The van der Waals surface area contributed by atoms with Crippen molar-refractivity contribution in [2.75, 3.05) is 52.4 Å². The molecule has 1 atom stereocenters. The van der Waals surface area contributed by atoms with Gasteiger partial charge in [0.1, 0.15) is 0 Å². The molecule has 6 nitrogen and oxygen atoms in total. The lowest BCUT2D eigenvalue weighted by molar-refractivity contribution is -0.149. The summed E-state index contributed by atoms with van der Waals surface area (Å²) >= 11 is 0. The normalized spacial score (nSPS) is 22.7. The lowest BCUT2D eigenvalue weighted by atomic mass is 9.97. The fraction of sp³-hybridized carbons (Fsp3) is 0.895. The quantitative estimate of drug-likeness (QED) is 0.274. The molecule has 26 heavy (non-hydrogen) atoms. The van der Waals surface area contributed by atoms with Gasteiger partial charge in [0.05, 0.1) is 19.1 Å². The maximum atomic E-state index is 11.9. The maximum Gasteiger partial charge on any atom is 0.309 e. The van der Waals surface area contributed by atoms with Gasteiger partial charge in [-0.3, -0.25) is 9.79 Å². The molecule has 1 unspecified atom stereocenters. The highest BCUT2D eigenvalue weighted by Crippen LogP contribution is 2.19. The number of guanidine groups is 1. The zero-order valence-electron chi connectivity index (χ0n) is 16.7. The van der Waals surface area contributed by atoms with Crippen LogP contribution in [-0.4, -0.2) is 74.1 Å². The predicted molar refractivity (Wildman–Crippen MR) is 117 cm³/mol. The number of carbonyl (C=O) groups is 1. The highest BCUT2D eigenvalue weighted by molar-refractivity contribution is 14.0. The SMILES string of the molecule is CCNC(=NCCN1CCCC(C)C1)N1CCC(C(=O)OCC)CC1.I. The van der Waals surface area contributed by atoms with Gasteiger partial charge in [-0.25, -0.2) is 0 Å². The standard InChI is InChI=1S/C19H36N4O2.HI/c1-4-20-19(21-10-14-22-11-6-7-16(3)15-22)23-12-8-17(9-13-23)18(24)25-5-2;/h16-17H,4-15H2,1-3H3,(H,20,21);1H. The molecule has 1 N–H and O–H groups in total. The maximum absolute atomic E-state index is 11.9. The molecule has 0 bridgehead atoms. The number of piperidine rings is 2. The summed E-state index contributed by atoms with van der Waals surface area (Å²) in [4.78, 5) is 21.5. The van der Waals surface area contributed by atoms with E-state index in [1.165, 1.54) is 25.9 Å². The first-order valence-corrected chi connectivity index (χ1v) is 10.1. The number of likely N-dealkylation sites (tertiary alicyclic amines) is 2. The number of hydrogen-bond donors (Lipinski definition) is 1. The van der Waals surface area contributed by atoms with Gasteiger partial charge < -0.3 is 19.9 Å². The van der Waals surface area contributed by atoms with Gasteiger partial charge in [-0.1, -0.05) is 6.92 Å². The van der Waals surface area contributed by atoms with Crippen molar-refractivity contribution < 1.29 is 9.53 Å². The molecule has 0 aromatic carbocycles. The van der Waals surface area contributed by atoms with Crippen LogP contribution in [0.3, 0.4) is 0 Å². The van der Waals surface area contributed by atoms with Crippen LogP contribution in [0.25, 0.3) is 0 Å². The number of halogens is 1. The molecule has 2 fully saturated rings. The Bertz CT molecular complexity index is 439. The highest BCUT2D eigenvalue weighted by atomic mass is 127. The van der Waals surface area contributed by atoms with Crippen molar-refractivity contribution in [3.63, 3.8) is 0 Å². The zero-order valence-corrected chi connectivity index (χ0v) is 19.0. The minimum Gasteiger partial charge on any atom is -0.466 e. The molecule has 2 saturated heterocycles. The Labute approximate surface area is 176 Å². The molecule has 0 saturated carbocycles. The Morgan fingerprint density at radius 1 is 1.19 bits per heavy atom.